The second-order valence-electron chi connectivity index (χ2n) is 9.49. The number of nitrogens with zero attached hydrogens (tertiary/aromatic N) is 2. The van der Waals surface area contributed by atoms with E-state index in [0.717, 1.165) is 19.0 Å². The summed E-state index contributed by atoms with van der Waals surface area (Å²) >= 11 is 0. The molecule has 160 valence electrons. The molecule has 0 aromatic heterocycles. The maximum absolute atomic E-state index is 12.1. The highest BCUT2D eigenvalue weighted by atomic mass is 16.6. The minimum atomic E-state index is -0.418. The van der Waals surface area contributed by atoms with Crippen LogP contribution in [0, 0.1) is 5.92 Å². The van der Waals surface area contributed by atoms with Gasteiger partial charge in [0, 0.05) is 38.1 Å². The predicted octanol–water partition coefficient (Wildman–Crippen LogP) is 3.75. The lowest BCUT2D eigenvalue weighted by Gasteiger charge is -2.42. The van der Waals surface area contributed by atoms with Gasteiger partial charge in [-0.1, -0.05) is 25.1 Å². The lowest BCUT2D eigenvalue weighted by Crippen LogP contribution is -2.50. The monoisotopic (exact) mass is 402 g/mol. The summed E-state index contributed by atoms with van der Waals surface area (Å²) in [7, 11) is 1.31. The molecular weight excluding hydrogens is 368 g/mol. The molecule has 1 aromatic carbocycles. The van der Waals surface area contributed by atoms with E-state index in [2.05, 4.69) is 34.8 Å². The van der Waals surface area contributed by atoms with Crippen LogP contribution in [0.4, 0.5) is 4.79 Å². The van der Waals surface area contributed by atoms with Gasteiger partial charge in [-0.2, -0.15) is 0 Å². The smallest absolute Gasteiger partial charge is 0.410 e. The first-order valence-electron chi connectivity index (χ1n) is 10.5. The summed E-state index contributed by atoms with van der Waals surface area (Å²) in [5, 5.41) is 0. The Kier molecular flexibility index (Phi) is 6.52. The molecule has 4 rings (SSSR count). The fraction of sp³-hybridized carbons (Fsp3) is 0.652. The van der Waals surface area contributed by atoms with Gasteiger partial charge in [-0.25, -0.2) is 4.79 Å². The van der Waals surface area contributed by atoms with Crippen LogP contribution < -0.4 is 0 Å². The highest BCUT2D eigenvalue weighted by Crippen LogP contribution is 2.41. The molecule has 1 aliphatic carbocycles. The van der Waals surface area contributed by atoms with Crippen LogP contribution in [0.25, 0.3) is 0 Å². The molecule has 1 aromatic rings. The molecule has 0 N–H and O–H groups in total. The highest BCUT2D eigenvalue weighted by molar-refractivity contribution is 5.69. The molecule has 1 unspecified atom stereocenters. The molecule has 29 heavy (non-hydrogen) atoms. The van der Waals surface area contributed by atoms with Gasteiger partial charge in [-0.05, 0) is 56.2 Å². The zero-order valence-electron chi connectivity index (χ0n) is 18.3. The Labute approximate surface area is 174 Å². The molecule has 2 heterocycles. The van der Waals surface area contributed by atoms with Crippen LogP contribution in [0.1, 0.15) is 62.8 Å². The van der Waals surface area contributed by atoms with Crippen LogP contribution in [0.3, 0.4) is 0 Å². The fourth-order valence-corrected chi connectivity index (χ4v) is 4.41. The van der Waals surface area contributed by atoms with Crippen molar-refractivity contribution >= 4 is 12.6 Å². The Balaban J connectivity index is 0.000000552. The maximum Gasteiger partial charge on any atom is 0.410 e. The average Bonchev–Trinajstić information content (AvgIpc) is 2.99. The van der Waals surface area contributed by atoms with Crippen LogP contribution in [0.15, 0.2) is 18.2 Å². The third kappa shape index (κ3) is 5.10. The zero-order valence-corrected chi connectivity index (χ0v) is 18.3. The SMILES string of the molecule is CC1CN(C2CCc3cc(C4CN(C(=O)OC(C)(C)C)C4)ccc32)C1.COC=O. The van der Waals surface area contributed by atoms with Gasteiger partial charge in [-0.3, -0.25) is 9.69 Å². The summed E-state index contributed by atoms with van der Waals surface area (Å²) in [4.78, 5) is 25.5. The van der Waals surface area contributed by atoms with E-state index < -0.39 is 5.60 Å². The Hall–Kier alpha value is -2.08. The van der Waals surface area contributed by atoms with Crippen LogP contribution >= 0.6 is 0 Å². The molecule has 2 saturated heterocycles. The molecule has 2 fully saturated rings. The molecule has 2 aliphatic heterocycles. The zero-order chi connectivity index (χ0) is 21.2. The Morgan fingerprint density at radius 2 is 1.83 bits per heavy atom. The quantitative estimate of drug-likeness (QED) is 0.721. The number of methoxy groups -OCH3 is 1. The van der Waals surface area contributed by atoms with Gasteiger partial charge < -0.3 is 14.4 Å². The third-order valence-corrected chi connectivity index (χ3v) is 5.85. The van der Waals surface area contributed by atoms with Crippen molar-refractivity contribution in [2.24, 2.45) is 5.92 Å². The van der Waals surface area contributed by atoms with Crippen LogP contribution in [0.2, 0.25) is 0 Å². The van der Waals surface area contributed by atoms with E-state index in [-0.39, 0.29) is 6.09 Å². The number of carbonyl (C=O) groups excluding carboxylic acids is 2. The van der Waals surface area contributed by atoms with Crippen molar-refractivity contribution in [1.29, 1.82) is 0 Å². The van der Waals surface area contributed by atoms with Crippen molar-refractivity contribution in [1.82, 2.24) is 9.80 Å². The van der Waals surface area contributed by atoms with E-state index in [1.807, 2.05) is 25.7 Å². The average molecular weight is 403 g/mol. The van der Waals surface area contributed by atoms with Crippen molar-refractivity contribution in [3.05, 3.63) is 34.9 Å². The van der Waals surface area contributed by atoms with E-state index in [1.165, 1.54) is 44.2 Å². The van der Waals surface area contributed by atoms with Crippen molar-refractivity contribution in [2.75, 3.05) is 33.3 Å². The Morgan fingerprint density at radius 3 is 2.38 bits per heavy atom. The van der Waals surface area contributed by atoms with Gasteiger partial charge in [0.2, 0.25) is 0 Å². The summed E-state index contributed by atoms with van der Waals surface area (Å²) in [5.41, 5.74) is 4.03. The molecule has 6 heteroatoms. The second-order valence-corrected chi connectivity index (χ2v) is 9.49. The number of ether oxygens (including phenoxy) is 2. The third-order valence-electron chi connectivity index (χ3n) is 5.85. The van der Waals surface area contributed by atoms with Gasteiger partial charge >= 0.3 is 6.09 Å². The molecule has 6 nitrogen and oxygen atoms in total. The van der Waals surface area contributed by atoms with Crippen molar-refractivity contribution in [3.8, 4) is 0 Å². The van der Waals surface area contributed by atoms with Crippen molar-refractivity contribution in [2.45, 2.75) is 58.1 Å². The number of hydrogen-bond donors (Lipinski definition) is 0. The molecule has 1 atom stereocenters. The number of benzene rings is 1. The number of amides is 1. The van der Waals surface area contributed by atoms with E-state index in [1.54, 1.807) is 5.56 Å². The molecule has 3 aliphatic rings. The Bertz CT molecular complexity index is 731. The maximum atomic E-state index is 12.1. The summed E-state index contributed by atoms with van der Waals surface area (Å²) in [5.74, 6) is 1.32. The topological polar surface area (TPSA) is 59.1 Å². The summed E-state index contributed by atoms with van der Waals surface area (Å²) < 4.78 is 9.31. The summed E-state index contributed by atoms with van der Waals surface area (Å²) in [6.07, 6.45) is 2.28. The van der Waals surface area contributed by atoms with E-state index >= 15 is 0 Å². The first-order valence-corrected chi connectivity index (χ1v) is 10.5. The summed E-state index contributed by atoms with van der Waals surface area (Å²) in [6.45, 7) is 12.5. The van der Waals surface area contributed by atoms with Gasteiger partial charge in [0.1, 0.15) is 5.60 Å². The number of likely N-dealkylation sites (tertiary alicyclic amines) is 2. The fourth-order valence-electron chi connectivity index (χ4n) is 4.41. The summed E-state index contributed by atoms with van der Waals surface area (Å²) in [6, 6.07) is 7.68. The predicted molar refractivity (Wildman–Crippen MR) is 112 cm³/mol. The standard InChI is InChI=1S/C21H30N2O2.C2H4O2/c1-14-10-22(11-14)19-8-6-16-9-15(5-7-18(16)19)17-12-23(13-17)20(24)25-21(2,3)4;1-4-2-3/h5,7,9,14,17,19H,6,8,10-13H2,1-4H3;2H,1H3. The highest BCUT2D eigenvalue weighted by Gasteiger charge is 2.37. The van der Waals surface area contributed by atoms with E-state index in [0.29, 0.717) is 18.4 Å². The minimum Gasteiger partial charge on any atom is -0.471 e. The second kappa shape index (κ2) is 8.74. The number of carbonyl (C=O) groups is 2. The normalized spacial score (nSPS) is 22.0. The van der Waals surface area contributed by atoms with Gasteiger partial charge in [0.15, 0.2) is 0 Å². The molecule has 0 saturated carbocycles. The molecule has 1 amide bonds. The number of rotatable bonds is 3. The first-order chi connectivity index (χ1) is 13.7. The minimum absolute atomic E-state index is 0.183. The molecule has 0 bridgehead atoms. The lowest BCUT2D eigenvalue weighted by molar-refractivity contribution is -0.126. The van der Waals surface area contributed by atoms with Crippen molar-refractivity contribution < 1.29 is 19.1 Å². The van der Waals surface area contributed by atoms with E-state index in [9.17, 15) is 4.79 Å². The van der Waals surface area contributed by atoms with Crippen LogP contribution in [-0.4, -0.2) is 61.3 Å². The molecule has 0 radical (unpaired) electrons. The first kappa shape index (κ1) is 21.6. The van der Waals surface area contributed by atoms with Gasteiger partial charge in [-0.15, -0.1) is 0 Å². The van der Waals surface area contributed by atoms with Crippen LogP contribution in [0.5, 0.6) is 0 Å². The van der Waals surface area contributed by atoms with Crippen LogP contribution in [-0.2, 0) is 20.7 Å². The number of fused-ring (bicyclic) bond motifs is 1. The van der Waals surface area contributed by atoms with Gasteiger partial charge in [0.25, 0.3) is 6.47 Å². The Morgan fingerprint density at radius 1 is 1.17 bits per heavy atom. The molecule has 0 spiro atoms. The largest absolute Gasteiger partial charge is 0.471 e. The number of aryl methyl sites for hydroxylation is 1. The van der Waals surface area contributed by atoms with Crippen molar-refractivity contribution in [3.63, 3.8) is 0 Å². The van der Waals surface area contributed by atoms with E-state index in [4.69, 9.17) is 9.53 Å². The van der Waals surface area contributed by atoms with Gasteiger partial charge in [0.05, 0.1) is 7.11 Å². The molecular formula is C23H34N2O4. The lowest BCUT2D eigenvalue weighted by atomic mass is 9.89. The number of hydrogen-bond acceptors (Lipinski definition) is 5.